The molecule has 0 aliphatic carbocycles. The van der Waals surface area contributed by atoms with E-state index in [1.54, 1.807) is 19.9 Å². The van der Waals surface area contributed by atoms with Crippen LogP contribution in [0.3, 0.4) is 0 Å². The highest BCUT2D eigenvalue weighted by atomic mass is 19.2. The molecular weight excluding hydrogens is 286 g/mol. The lowest BCUT2D eigenvalue weighted by atomic mass is 9.90. The summed E-state index contributed by atoms with van der Waals surface area (Å²) in [7, 11) is 0. The van der Waals surface area contributed by atoms with Crippen molar-refractivity contribution in [2.75, 3.05) is 13.1 Å². The first-order chi connectivity index (χ1) is 10.3. The zero-order valence-electron chi connectivity index (χ0n) is 13.2. The van der Waals surface area contributed by atoms with E-state index in [0.29, 0.717) is 18.9 Å². The third-order valence-electron chi connectivity index (χ3n) is 4.18. The lowest BCUT2D eigenvalue weighted by Crippen LogP contribution is -2.53. The third kappa shape index (κ3) is 4.26. The predicted octanol–water partition coefficient (Wildman–Crippen LogP) is 2.87. The second-order valence-corrected chi connectivity index (χ2v) is 6.77. The van der Waals surface area contributed by atoms with E-state index in [-0.39, 0.29) is 5.91 Å². The zero-order valence-corrected chi connectivity index (χ0v) is 13.2. The summed E-state index contributed by atoms with van der Waals surface area (Å²) in [5, 5.41) is 0. The summed E-state index contributed by atoms with van der Waals surface area (Å²) in [4.78, 5) is 14.1. The van der Waals surface area contributed by atoms with Gasteiger partial charge in [0.25, 0.3) is 0 Å². The smallest absolute Gasteiger partial charge is 0.242 e. The molecule has 1 aliphatic heterocycles. The van der Waals surface area contributed by atoms with Gasteiger partial charge in [0.15, 0.2) is 11.6 Å². The van der Waals surface area contributed by atoms with E-state index < -0.39 is 17.2 Å². The Bertz CT molecular complexity index is 540. The van der Waals surface area contributed by atoms with Crippen molar-refractivity contribution in [1.29, 1.82) is 0 Å². The highest BCUT2D eigenvalue weighted by Gasteiger charge is 2.31. The topological polar surface area (TPSA) is 46.3 Å². The molecule has 1 aromatic carbocycles. The molecule has 0 bridgehead atoms. The number of benzene rings is 1. The van der Waals surface area contributed by atoms with Gasteiger partial charge in [0, 0.05) is 13.1 Å². The average Bonchev–Trinajstić information content (AvgIpc) is 2.47. The van der Waals surface area contributed by atoms with Gasteiger partial charge in [-0.1, -0.05) is 6.07 Å². The van der Waals surface area contributed by atoms with Crippen LogP contribution in [0.1, 0.15) is 38.7 Å². The largest absolute Gasteiger partial charge is 0.341 e. The Balaban J connectivity index is 1.90. The van der Waals surface area contributed by atoms with Crippen LogP contribution in [0.15, 0.2) is 18.2 Å². The number of rotatable bonds is 4. The van der Waals surface area contributed by atoms with Gasteiger partial charge in [-0.15, -0.1) is 0 Å². The Morgan fingerprint density at radius 2 is 2.09 bits per heavy atom. The van der Waals surface area contributed by atoms with Crippen molar-refractivity contribution < 1.29 is 13.6 Å². The molecule has 0 aromatic heterocycles. The minimum absolute atomic E-state index is 0.0231. The van der Waals surface area contributed by atoms with E-state index in [0.717, 1.165) is 37.4 Å². The fraction of sp³-hybridized carbons (Fsp3) is 0.588. The number of hydrogen-bond donors (Lipinski definition) is 1. The number of likely N-dealkylation sites (tertiary alicyclic amines) is 1. The number of aryl methyl sites for hydroxylation is 1. The van der Waals surface area contributed by atoms with E-state index >= 15 is 0 Å². The maximum absolute atomic E-state index is 13.2. The molecule has 2 N–H and O–H groups in total. The molecule has 1 amide bonds. The van der Waals surface area contributed by atoms with E-state index in [1.165, 1.54) is 6.07 Å². The molecule has 0 unspecified atom stereocenters. The average molecular weight is 310 g/mol. The van der Waals surface area contributed by atoms with Crippen molar-refractivity contribution in [2.24, 2.45) is 11.7 Å². The summed E-state index contributed by atoms with van der Waals surface area (Å²) in [6.07, 6.45) is 3.57. The number of halogens is 2. The number of nitrogens with zero attached hydrogens (tertiary/aromatic N) is 1. The maximum Gasteiger partial charge on any atom is 0.242 e. The molecule has 1 atom stereocenters. The minimum Gasteiger partial charge on any atom is -0.341 e. The van der Waals surface area contributed by atoms with Gasteiger partial charge in [-0.3, -0.25) is 4.79 Å². The van der Waals surface area contributed by atoms with Crippen molar-refractivity contribution in [3.05, 3.63) is 35.4 Å². The predicted molar refractivity (Wildman–Crippen MR) is 82.2 cm³/mol. The highest BCUT2D eigenvalue weighted by molar-refractivity contribution is 5.85. The Hall–Kier alpha value is -1.49. The molecule has 1 saturated heterocycles. The molecule has 5 heteroatoms. The molecule has 22 heavy (non-hydrogen) atoms. The van der Waals surface area contributed by atoms with Crippen LogP contribution in [-0.2, 0) is 11.2 Å². The Labute approximate surface area is 130 Å². The van der Waals surface area contributed by atoms with Crippen LogP contribution in [0.25, 0.3) is 0 Å². The molecule has 0 spiro atoms. The van der Waals surface area contributed by atoms with Gasteiger partial charge in [0.05, 0.1) is 5.54 Å². The van der Waals surface area contributed by atoms with Crippen molar-refractivity contribution in [1.82, 2.24) is 4.90 Å². The summed E-state index contributed by atoms with van der Waals surface area (Å²) in [6.45, 7) is 4.89. The second-order valence-electron chi connectivity index (χ2n) is 6.77. The summed E-state index contributed by atoms with van der Waals surface area (Å²) in [5.74, 6) is -1.26. The van der Waals surface area contributed by atoms with Crippen molar-refractivity contribution >= 4 is 5.91 Å². The van der Waals surface area contributed by atoms with Crippen LogP contribution in [0.2, 0.25) is 0 Å². The molecule has 0 saturated carbocycles. The van der Waals surface area contributed by atoms with E-state index in [4.69, 9.17) is 5.73 Å². The number of hydrogen-bond acceptors (Lipinski definition) is 2. The van der Waals surface area contributed by atoms with E-state index in [9.17, 15) is 13.6 Å². The molecule has 2 rings (SSSR count). The van der Waals surface area contributed by atoms with Crippen LogP contribution in [-0.4, -0.2) is 29.4 Å². The molecule has 1 fully saturated rings. The van der Waals surface area contributed by atoms with Gasteiger partial charge in [0.1, 0.15) is 0 Å². The molecule has 3 nitrogen and oxygen atoms in total. The summed E-state index contributed by atoms with van der Waals surface area (Å²) < 4.78 is 26.1. The van der Waals surface area contributed by atoms with Gasteiger partial charge in [-0.2, -0.15) is 0 Å². The fourth-order valence-electron chi connectivity index (χ4n) is 2.96. The van der Waals surface area contributed by atoms with Crippen LogP contribution in [0.4, 0.5) is 8.78 Å². The van der Waals surface area contributed by atoms with Crippen LogP contribution in [0, 0.1) is 17.6 Å². The molecule has 1 aromatic rings. The molecule has 1 aliphatic rings. The quantitative estimate of drug-likeness (QED) is 0.929. The highest BCUT2D eigenvalue weighted by Crippen LogP contribution is 2.23. The molecule has 0 radical (unpaired) electrons. The van der Waals surface area contributed by atoms with Crippen molar-refractivity contribution in [3.8, 4) is 0 Å². The summed E-state index contributed by atoms with van der Waals surface area (Å²) >= 11 is 0. The van der Waals surface area contributed by atoms with Gasteiger partial charge in [-0.05, 0) is 63.1 Å². The van der Waals surface area contributed by atoms with Crippen LogP contribution < -0.4 is 5.73 Å². The van der Waals surface area contributed by atoms with Crippen LogP contribution >= 0.6 is 0 Å². The van der Waals surface area contributed by atoms with Gasteiger partial charge in [0.2, 0.25) is 5.91 Å². The SMILES string of the molecule is CC(C)(N)C(=O)N1CCC[C@@H](CCc2ccc(F)c(F)c2)C1. The van der Waals surface area contributed by atoms with Gasteiger partial charge < -0.3 is 10.6 Å². The Morgan fingerprint density at radius 1 is 1.36 bits per heavy atom. The van der Waals surface area contributed by atoms with Crippen molar-refractivity contribution in [3.63, 3.8) is 0 Å². The minimum atomic E-state index is -0.845. The standard InChI is InChI=1S/C17H24F2N2O/c1-17(2,20)16(22)21-9-3-4-13(11-21)6-5-12-7-8-14(18)15(19)10-12/h7-8,10,13H,3-6,9,11,20H2,1-2H3/t13-/m0/s1. The van der Waals surface area contributed by atoms with E-state index in [2.05, 4.69) is 0 Å². The number of amides is 1. The summed E-state index contributed by atoms with van der Waals surface area (Å²) in [6, 6.07) is 4.04. The van der Waals surface area contributed by atoms with E-state index in [1.807, 2.05) is 4.90 Å². The Kier molecular flexibility index (Phi) is 5.16. The maximum atomic E-state index is 13.2. The Morgan fingerprint density at radius 3 is 2.73 bits per heavy atom. The van der Waals surface area contributed by atoms with Crippen LogP contribution in [0.5, 0.6) is 0 Å². The lowest BCUT2D eigenvalue weighted by molar-refractivity contribution is -0.137. The number of piperidine rings is 1. The second kappa shape index (κ2) is 6.73. The molecule has 1 heterocycles. The zero-order chi connectivity index (χ0) is 16.3. The monoisotopic (exact) mass is 310 g/mol. The van der Waals surface area contributed by atoms with Crippen molar-refractivity contribution in [2.45, 2.75) is 45.1 Å². The normalized spacial score (nSPS) is 19.3. The number of nitrogens with two attached hydrogens (primary N) is 1. The number of carbonyl (C=O) groups excluding carboxylic acids is 1. The first kappa shape index (κ1) is 16.9. The lowest BCUT2D eigenvalue weighted by Gasteiger charge is -2.36. The molecule has 122 valence electrons. The van der Waals surface area contributed by atoms with Gasteiger partial charge >= 0.3 is 0 Å². The summed E-state index contributed by atoms with van der Waals surface area (Å²) in [5.41, 5.74) is 5.83. The number of carbonyl (C=O) groups is 1. The first-order valence-corrected chi connectivity index (χ1v) is 7.79. The fourth-order valence-corrected chi connectivity index (χ4v) is 2.96. The third-order valence-corrected chi connectivity index (χ3v) is 4.18. The molecular formula is C17H24F2N2O. The first-order valence-electron chi connectivity index (χ1n) is 7.79. The van der Waals surface area contributed by atoms with Gasteiger partial charge in [-0.25, -0.2) is 8.78 Å².